The lowest BCUT2D eigenvalue weighted by Gasteiger charge is -2.17. The Morgan fingerprint density at radius 2 is 0.583 bits per heavy atom. The topological polar surface area (TPSA) is 86.7 Å². The largest absolute Gasteiger partial charge is 0.463 e. The molecule has 284 valence electrons. The first-order valence-corrected chi connectivity index (χ1v) is 20.5. The lowest BCUT2D eigenvalue weighted by molar-refractivity contribution is -0.148. The lowest BCUT2D eigenvalue weighted by Crippen LogP contribution is -2.16. The lowest BCUT2D eigenvalue weighted by atomic mass is 10.0. The predicted molar refractivity (Wildman–Crippen MR) is 202 cm³/mol. The number of esters is 2. The van der Waals surface area contributed by atoms with Gasteiger partial charge in [0.25, 0.3) is 0 Å². The SMILES string of the molecule is CCCCCCCCC(CCCCCCCCC(C)=O)OC(C)=O.CCCCCCCCCC(CCCCCCCC(C)=O)OC(C)=O. The van der Waals surface area contributed by atoms with Crippen molar-refractivity contribution in [1.82, 2.24) is 0 Å². The van der Waals surface area contributed by atoms with E-state index >= 15 is 0 Å². The number of rotatable bonds is 34. The van der Waals surface area contributed by atoms with Gasteiger partial charge in [0.15, 0.2) is 0 Å². The van der Waals surface area contributed by atoms with Crippen LogP contribution in [0.5, 0.6) is 0 Å². The molecule has 0 heterocycles. The summed E-state index contributed by atoms with van der Waals surface area (Å²) < 4.78 is 10.9. The first-order chi connectivity index (χ1) is 23.1. The number of carbonyl (C=O) groups is 4. The van der Waals surface area contributed by atoms with Crippen LogP contribution in [-0.4, -0.2) is 35.7 Å². The second kappa shape index (κ2) is 38.1. The number of ketones is 2. The van der Waals surface area contributed by atoms with Gasteiger partial charge in [-0.15, -0.1) is 0 Å². The Labute approximate surface area is 298 Å². The molecule has 0 fully saturated rings. The highest BCUT2D eigenvalue weighted by Gasteiger charge is 2.12. The third kappa shape index (κ3) is 42.3. The van der Waals surface area contributed by atoms with Gasteiger partial charge in [0.1, 0.15) is 23.8 Å². The van der Waals surface area contributed by atoms with E-state index in [0.717, 1.165) is 70.6 Å². The molecule has 0 aliphatic heterocycles. The molecule has 0 radical (unpaired) electrons. The molecular weight excluding hydrogens is 600 g/mol. The second-order valence-corrected chi connectivity index (χ2v) is 14.3. The Kier molecular flexibility index (Phi) is 38.4. The molecule has 0 aromatic rings. The van der Waals surface area contributed by atoms with Crippen LogP contribution >= 0.6 is 0 Å². The molecule has 0 rings (SSSR count). The van der Waals surface area contributed by atoms with Gasteiger partial charge >= 0.3 is 11.9 Å². The molecular formula is C42H80O6. The van der Waals surface area contributed by atoms with Crippen LogP contribution < -0.4 is 0 Å². The number of Topliss-reactive ketones (excluding diaryl/α,β-unsaturated/α-hetero) is 2. The summed E-state index contributed by atoms with van der Waals surface area (Å²) in [6, 6.07) is 0. The molecule has 6 heteroatoms. The van der Waals surface area contributed by atoms with E-state index in [1.165, 1.54) is 129 Å². The second-order valence-electron chi connectivity index (χ2n) is 14.3. The third-order valence-corrected chi connectivity index (χ3v) is 9.03. The van der Waals surface area contributed by atoms with Crippen LogP contribution in [0.3, 0.4) is 0 Å². The van der Waals surface area contributed by atoms with Crippen molar-refractivity contribution >= 4 is 23.5 Å². The fourth-order valence-electron chi connectivity index (χ4n) is 6.20. The van der Waals surface area contributed by atoms with Gasteiger partial charge in [-0.1, -0.05) is 129 Å². The standard InChI is InChI=1S/2C21H40O3/c1-4-5-6-7-11-14-17-21(24-20(3)23)18-15-12-9-8-10-13-16-19(2)22;1-4-5-6-7-8-11-14-17-21(24-20(3)23)18-15-12-9-10-13-16-19(2)22/h2*21H,4-18H2,1-3H3. The summed E-state index contributed by atoms with van der Waals surface area (Å²) in [7, 11) is 0. The van der Waals surface area contributed by atoms with Crippen LogP contribution in [0, 0.1) is 0 Å². The number of hydrogen-bond donors (Lipinski definition) is 0. The highest BCUT2D eigenvalue weighted by atomic mass is 16.5. The highest BCUT2D eigenvalue weighted by molar-refractivity contribution is 5.75. The van der Waals surface area contributed by atoms with Crippen molar-refractivity contribution in [3.8, 4) is 0 Å². The minimum Gasteiger partial charge on any atom is -0.463 e. The maximum Gasteiger partial charge on any atom is 0.302 e. The zero-order valence-corrected chi connectivity index (χ0v) is 32.8. The van der Waals surface area contributed by atoms with Crippen LogP contribution in [0.1, 0.15) is 234 Å². The monoisotopic (exact) mass is 681 g/mol. The fourth-order valence-corrected chi connectivity index (χ4v) is 6.20. The van der Waals surface area contributed by atoms with Crippen LogP contribution in [-0.2, 0) is 28.7 Å². The molecule has 2 atom stereocenters. The minimum absolute atomic E-state index is 0.107. The molecule has 0 saturated carbocycles. The van der Waals surface area contributed by atoms with Crippen molar-refractivity contribution in [1.29, 1.82) is 0 Å². The molecule has 0 aromatic carbocycles. The molecule has 0 spiro atoms. The number of unbranched alkanes of at least 4 members (excludes halogenated alkanes) is 20. The summed E-state index contributed by atoms with van der Waals surface area (Å²) in [6.07, 6.45) is 35.0. The molecule has 0 saturated heterocycles. The van der Waals surface area contributed by atoms with Crippen molar-refractivity contribution in [3.05, 3.63) is 0 Å². The Morgan fingerprint density at radius 1 is 0.354 bits per heavy atom. The van der Waals surface area contributed by atoms with Crippen LogP contribution in [0.4, 0.5) is 0 Å². The maximum atomic E-state index is 11.2. The normalized spacial score (nSPS) is 12.1. The quantitative estimate of drug-likeness (QED) is 0.0496. The van der Waals surface area contributed by atoms with Crippen molar-refractivity contribution in [2.75, 3.05) is 0 Å². The first-order valence-electron chi connectivity index (χ1n) is 20.5. The molecule has 0 aliphatic carbocycles. The maximum absolute atomic E-state index is 11.2. The number of hydrogen-bond acceptors (Lipinski definition) is 6. The zero-order valence-electron chi connectivity index (χ0n) is 32.8. The first kappa shape index (κ1) is 48.4. The van der Waals surface area contributed by atoms with Gasteiger partial charge in [-0.25, -0.2) is 0 Å². The van der Waals surface area contributed by atoms with E-state index in [4.69, 9.17) is 9.47 Å². The average molecular weight is 681 g/mol. The van der Waals surface area contributed by atoms with Gasteiger partial charge in [0.2, 0.25) is 0 Å². The number of ether oxygens (including phenoxy) is 2. The van der Waals surface area contributed by atoms with E-state index < -0.39 is 0 Å². The predicted octanol–water partition coefficient (Wildman–Crippen LogP) is 12.8. The van der Waals surface area contributed by atoms with Crippen LogP contribution in [0.2, 0.25) is 0 Å². The van der Waals surface area contributed by atoms with Crippen molar-refractivity contribution in [2.45, 2.75) is 246 Å². The van der Waals surface area contributed by atoms with E-state index in [0.29, 0.717) is 18.0 Å². The average Bonchev–Trinajstić information content (AvgIpc) is 3.02. The van der Waals surface area contributed by atoms with Gasteiger partial charge in [0.05, 0.1) is 0 Å². The van der Waals surface area contributed by atoms with Crippen molar-refractivity contribution < 1.29 is 28.7 Å². The highest BCUT2D eigenvalue weighted by Crippen LogP contribution is 2.18. The Hall–Kier alpha value is -1.72. The van der Waals surface area contributed by atoms with Crippen LogP contribution in [0.25, 0.3) is 0 Å². The van der Waals surface area contributed by atoms with Crippen LogP contribution in [0.15, 0.2) is 0 Å². The Balaban J connectivity index is 0. The third-order valence-electron chi connectivity index (χ3n) is 9.03. The molecule has 2 unspecified atom stereocenters. The Morgan fingerprint density at radius 3 is 0.812 bits per heavy atom. The molecule has 0 aliphatic rings. The van der Waals surface area contributed by atoms with E-state index in [9.17, 15) is 19.2 Å². The summed E-state index contributed by atoms with van der Waals surface area (Å²) in [5, 5.41) is 0. The smallest absolute Gasteiger partial charge is 0.302 e. The Bertz CT molecular complexity index is 748. The molecule has 48 heavy (non-hydrogen) atoms. The summed E-state index contributed by atoms with van der Waals surface area (Å²) in [6.45, 7) is 10.8. The molecule has 0 bridgehead atoms. The van der Waals surface area contributed by atoms with Gasteiger partial charge < -0.3 is 19.1 Å². The van der Waals surface area contributed by atoms with Gasteiger partial charge in [0, 0.05) is 26.7 Å². The molecule has 0 N–H and O–H groups in total. The summed E-state index contributed by atoms with van der Waals surface area (Å²) in [5.74, 6) is 0.299. The van der Waals surface area contributed by atoms with E-state index in [2.05, 4.69) is 13.8 Å². The van der Waals surface area contributed by atoms with E-state index in [1.807, 2.05) is 0 Å². The molecule has 0 amide bonds. The number of carbonyl (C=O) groups excluding carboxylic acids is 4. The zero-order chi connectivity index (χ0) is 36.1. The van der Waals surface area contributed by atoms with Gasteiger partial charge in [-0.3, -0.25) is 9.59 Å². The molecule has 6 nitrogen and oxygen atoms in total. The van der Waals surface area contributed by atoms with E-state index in [-0.39, 0.29) is 24.1 Å². The molecule has 0 aromatic heterocycles. The van der Waals surface area contributed by atoms with Crippen molar-refractivity contribution in [2.24, 2.45) is 0 Å². The minimum atomic E-state index is -0.149. The summed E-state index contributed by atoms with van der Waals surface area (Å²) in [5.41, 5.74) is 0. The summed E-state index contributed by atoms with van der Waals surface area (Å²) >= 11 is 0. The van der Waals surface area contributed by atoms with Crippen molar-refractivity contribution in [3.63, 3.8) is 0 Å². The van der Waals surface area contributed by atoms with E-state index in [1.54, 1.807) is 13.8 Å². The van der Waals surface area contributed by atoms with Gasteiger partial charge in [-0.2, -0.15) is 0 Å². The summed E-state index contributed by atoms with van der Waals surface area (Å²) in [4.78, 5) is 44.2. The fraction of sp³-hybridized carbons (Fsp3) is 0.905. The van der Waals surface area contributed by atoms with Gasteiger partial charge in [-0.05, 0) is 78.1 Å².